The first-order valence-electron chi connectivity index (χ1n) is 6.93. The van der Waals surface area contributed by atoms with Crippen molar-refractivity contribution in [3.05, 3.63) is 29.3 Å². The molecule has 1 aromatic carbocycles. The Morgan fingerprint density at radius 1 is 1.43 bits per heavy atom. The number of ether oxygens (including phenoxy) is 1. The molecule has 0 heterocycles. The summed E-state index contributed by atoms with van der Waals surface area (Å²) in [5.74, 6) is 1.22. The molecule has 6 heteroatoms. The molecule has 1 aromatic rings. The average Bonchev–Trinajstić information content (AvgIpc) is 3.25. The molecular formula is C15H22Cl2N2O2. The fourth-order valence-corrected chi connectivity index (χ4v) is 2.34. The van der Waals surface area contributed by atoms with Gasteiger partial charge in [-0.05, 0) is 49.9 Å². The lowest BCUT2D eigenvalue weighted by molar-refractivity contribution is -0.123. The van der Waals surface area contributed by atoms with Gasteiger partial charge in [-0.2, -0.15) is 0 Å². The van der Waals surface area contributed by atoms with Crippen LogP contribution in [0, 0.1) is 5.92 Å². The summed E-state index contributed by atoms with van der Waals surface area (Å²) in [5, 5.41) is 3.70. The zero-order valence-electron chi connectivity index (χ0n) is 12.1. The van der Waals surface area contributed by atoms with Crippen molar-refractivity contribution in [2.45, 2.75) is 31.7 Å². The molecule has 0 aliphatic heterocycles. The predicted octanol–water partition coefficient (Wildman–Crippen LogP) is 2.77. The van der Waals surface area contributed by atoms with Crippen molar-refractivity contribution in [1.29, 1.82) is 0 Å². The van der Waals surface area contributed by atoms with E-state index in [0.717, 1.165) is 12.8 Å². The molecule has 0 bridgehead atoms. The number of hydrogen-bond donors (Lipinski definition) is 2. The van der Waals surface area contributed by atoms with E-state index >= 15 is 0 Å². The number of nitrogens with one attached hydrogen (secondary N) is 1. The van der Waals surface area contributed by atoms with Crippen LogP contribution in [-0.4, -0.2) is 24.6 Å². The third kappa shape index (κ3) is 5.38. The van der Waals surface area contributed by atoms with Gasteiger partial charge in [0.25, 0.3) is 0 Å². The van der Waals surface area contributed by atoms with E-state index < -0.39 is 0 Å². The molecule has 3 N–H and O–H groups in total. The second-order valence-corrected chi connectivity index (χ2v) is 5.93. The second-order valence-electron chi connectivity index (χ2n) is 5.50. The smallest absolute Gasteiger partial charge is 0.223 e. The molecule has 2 rings (SSSR count). The van der Waals surface area contributed by atoms with Crippen molar-refractivity contribution in [1.82, 2.24) is 5.32 Å². The second kappa shape index (κ2) is 7.87. The monoisotopic (exact) mass is 332 g/mol. The minimum Gasteiger partial charge on any atom is -0.493 e. The van der Waals surface area contributed by atoms with Crippen LogP contribution in [0.5, 0.6) is 5.75 Å². The molecule has 21 heavy (non-hydrogen) atoms. The summed E-state index contributed by atoms with van der Waals surface area (Å²) in [7, 11) is 0. The maximum Gasteiger partial charge on any atom is 0.223 e. The van der Waals surface area contributed by atoms with Crippen LogP contribution in [-0.2, 0) is 4.79 Å². The molecule has 1 unspecified atom stereocenters. The first-order chi connectivity index (χ1) is 9.53. The highest BCUT2D eigenvalue weighted by Gasteiger charge is 2.41. The molecule has 1 saturated carbocycles. The van der Waals surface area contributed by atoms with Crippen LogP contribution in [0.4, 0.5) is 0 Å². The minimum atomic E-state index is -0.267. The highest BCUT2D eigenvalue weighted by atomic mass is 35.5. The number of nitrogens with two attached hydrogens (primary N) is 1. The Balaban J connectivity index is 0.00000220. The Labute approximate surface area is 136 Å². The van der Waals surface area contributed by atoms with Crippen LogP contribution >= 0.6 is 24.0 Å². The van der Waals surface area contributed by atoms with Crippen molar-refractivity contribution in [3.8, 4) is 5.75 Å². The lowest BCUT2D eigenvalue weighted by Gasteiger charge is -2.29. The third-order valence-corrected chi connectivity index (χ3v) is 3.99. The first kappa shape index (κ1) is 18.1. The van der Waals surface area contributed by atoms with Gasteiger partial charge >= 0.3 is 0 Å². The summed E-state index contributed by atoms with van der Waals surface area (Å²) in [4.78, 5) is 11.9. The summed E-state index contributed by atoms with van der Waals surface area (Å²) >= 11 is 5.79. The molecular weight excluding hydrogens is 311 g/mol. The van der Waals surface area contributed by atoms with E-state index in [9.17, 15) is 4.79 Å². The van der Waals surface area contributed by atoms with E-state index in [4.69, 9.17) is 22.1 Å². The average molecular weight is 333 g/mol. The Morgan fingerprint density at radius 2 is 2.05 bits per heavy atom. The Hall–Kier alpha value is -0.970. The van der Waals surface area contributed by atoms with Crippen molar-refractivity contribution in [3.63, 3.8) is 0 Å². The molecule has 1 atom stereocenters. The number of amides is 1. The molecule has 0 aromatic heterocycles. The topological polar surface area (TPSA) is 64.3 Å². The number of benzene rings is 1. The van der Waals surface area contributed by atoms with Crippen LogP contribution in [0.1, 0.15) is 26.2 Å². The number of carbonyl (C=O) groups is 1. The number of rotatable bonds is 7. The van der Waals surface area contributed by atoms with Gasteiger partial charge in [0.1, 0.15) is 5.75 Å². The normalized spacial score (nSPS) is 16.5. The maximum atomic E-state index is 11.9. The zero-order valence-corrected chi connectivity index (χ0v) is 13.7. The zero-order chi connectivity index (χ0) is 14.6. The fourth-order valence-electron chi connectivity index (χ4n) is 2.21. The Bertz CT molecular complexity index is 463. The van der Waals surface area contributed by atoms with Gasteiger partial charge in [0, 0.05) is 11.6 Å². The van der Waals surface area contributed by atoms with Gasteiger partial charge < -0.3 is 15.8 Å². The predicted molar refractivity (Wildman–Crippen MR) is 87.1 cm³/mol. The number of carbonyl (C=O) groups excluding carboxylic acids is 1. The molecule has 1 aliphatic rings. The summed E-state index contributed by atoms with van der Waals surface area (Å²) in [6.45, 7) is 2.84. The molecule has 118 valence electrons. The molecule has 0 spiro atoms. The molecule has 1 amide bonds. The van der Waals surface area contributed by atoms with E-state index in [2.05, 4.69) is 5.32 Å². The van der Waals surface area contributed by atoms with E-state index in [1.165, 1.54) is 0 Å². The van der Waals surface area contributed by atoms with Crippen molar-refractivity contribution >= 4 is 29.9 Å². The van der Waals surface area contributed by atoms with Gasteiger partial charge in [-0.25, -0.2) is 0 Å². The Morgan fingerprint density at radius 3 is 2.57 bits per heavy atom. The first-order valence-corrected chi connectivity index (χ1v) is 7.31. The Kier molecular flexibility index (Phi) is 6.78. The summed E-state index contributed by atoms with van der Waals surface area (Å²) in [6, 6.07) is 7.09. The SMILES string of the molecule is CC(CN)(NC(=O)CCOc1ccc(Cl)cc1)C1CC1.Cl. The van der Waals surface area contributed by atoms with E-state index in [1.807, 2.05) is 6.92 Å². The summed E-state index contributed by atoms with van der Waals surface area (Å²) < 4.78 is 5.51. The lowest BCUT2D eigenvalue weighted by Crippen LogP contribution is -2.53. The van der Waals surface area contributed by atoms with Crippen LogP contribution in [0.2, 0.25) is 5.02 Å². The van der Waals surface area contributed by atoms with E-state index in [1.54, 1.807) is 24.3 Å². The summed E-state index contributed by atoms with van der Waals surface area (Å²) in [6.07, 6.45) is 2.62. The lowest BCUT2D eigenvalue weighted by atomic mass is 9.96. The van der Waals surface area contributed by atoms with Crippen molar-refractivity contribution in [2.75, 3.05) is 13.2 Å². The fraction of sp³-hybridized carbons (Fsp3) is 0.533. The maximum absolute atomic E-state index is 11.9. The molecule has 1 fully saturated rings. The molecule has 0 radical (unpaired) electrons. The van der Waals surface area contributed by atoms with Crippen molar-refractivity contribution < 1.29 is 9.53 Å². The van der Waals surface area contributed by atoms with Crippen LogP contribution in [0.3, 0.4) is 0 Å². The van der Waals surface area contributed by atoms with E-state index in [-0.39, 0.29) is 23.9 Å². The van der Waals surface area contributed by atoms with E-state index in [0.29, 0.717) is 36.3 Å². The highest BCUT2D eigenvalue weighted by Crippen LogP contribution is 2.38. The van der Waals surface area contributed by atoms with Crippen LogP contribution in [0.15, 0.2) is 24.3 Å². The third-order valence-electron chi connectivity index (χ3n) is 3.74. The van der Waals surface area contributed by atoms with Gasteiger partial charge in [-0.3, -0.25) is 4.79 Å². The number of hydrogen-bond acceptors (Lipinski definition) is 3. The van der Waals surface area contributed by atoms with Crippen LogP contribution in [0.25, 0.3) is 0 Å². The number of halogens is 2. The standard InChI is InChI=1S/C15H21ClN2O2.ClH/c1-15(10-17,11-2-3-11)18-14(19)8-9-20-13-6-4-12(16)5-7-13;/h4-7,11H,2-3,8-10,17H2,1H3,(H,18,19);1H. The van der Waals surface area contributed by atoms with Gasteiger partial charge in [0.2, 0.25) is 5.91 Å². The van der Waals surface area contributed by atoms with Gasteiger partial charge in [0.15, 0.2) is 0 Å². The van der Waals surface area contributed by atoms with Crippen molar-refractivity contribution in [2.24, 2.45) is 11.7 Å². The highest BCUT2D eigenvalue weighted by molar-refractivity contribution is 6.30. The quantitative estimate of drug-likeness (QED) is 0.806. The molecule has 1 aliphatic carbocycles. The molecule has 0 saturated heterocycles. The van der Waals surface area contributed by atoms with Gasteiger partial charge in [-0.1, -0.05) is 11.6 Å². The largest absolute Gasteiger partial charge is 0.493 e. The molecule has 4 nitrogen and oxygen atoms in total. The van der Waals surface area contributed by atoms with Gasteiger partial charge in [0.05, 0.1) is 18.6 Å². The van der Waals surface area contributed by atoms with Gasteiger partial charge in [-0.15, -0.1) is 12.4 Å². The van der Waals surface area contributed by atoms with Crippen LogP contribution < -0.4 is 15.8 Å². The summed E-state index contributed by atoms with van der Waals surface area (Å²) in [5.41, 5.74) is 5.51. The minimum absolute atomic E-state index is 0.